The number of hydrogen-bond donors (Lipinski definition) is 3. The molecule has 162 valence electrons. The minimum absolute atomic E-state index is 0.0966. The van der Waals surface area contributed by atoms with E-state index in [1.54, 1.807) is 49.6 Å². The maximum absolute atomic E-state index is 13.7. The Hall–Kier alpha value is -4.13. The predicted molar refractivity (Wildman–Crippen MR) is 121 cm³/mol. The highest BCUT2D eigenvalue weighted by atomic mass is 19.1. The zero-order valence-electron chi connectivity index (χ0n) is 17.4. The third-order valence-electron chi connectivity index (χ3n) is 5.15. The Kier molecular flexibility index (Phi) is 6.17. The minimum atomic E-state index is -0.362. The Labute approximate surface area is 184 Å². The van der Waals surface area contributed by atoms with Gasteiger partial charge < -0.3 is 20.4 Å². The van der Waals surface area contributed by atoms with Crippen LogP contribution in [-0.2, 0) is 17.8 Å². The second-order valence-corrected chi connectivity index (χ2v) is 7.30. The van der Waals surface area contributed by atoms with E-state index in [-0.39, 0.29) is 30.6 Å². The van der Waals surface area contributed by atoms with Crippen LogP contribution in [0.3, 0.4) is 0 Å². The summed E-state index contributed by atoms with van der Waals surface area (Å²) in [5.41, 5.74) is 3.21. The topological polar surface area (TPSA) is 83.2 Å². The predicted octanol–water partition coefficient (Wildman–Crippen LogP) is 4.43. The van der Waals surface area contributed by atoms with Crippen LogP contribution in [0.2, 0.25) is 0 Å². The van der Waals surface area contributed by atoms with Crippen LogP contribution in [0.15, 0.2) is 72.9 Å². The molecule has 1 aromatic heterocycles. The summed E-state index contributed by atoms with van der Waals surface area (Å²) in [4.78, 5) is 28.0. The number of fused-ring (bicyclic) bond motifs is 1. The summed E-state index contributed by atoms with van der Waals surface area (Å²) < 4.78 is 18.9. The van der Waals surface area contributed by atoms with E-state index in [0.717, 1.165) is 22.2 Å². The molecule has 32 heavy (non-hydrogen) atoms. The van der Waals surface area contributed by atoms with Gasteiger partial charge in [-0.15, -0.1) is 0 Å². The standard InChI is InChI=1S/C25H22FN3O3/c1-32-20-10-11-23-21(13-20)18(15-27-23)12-24(30)29-19-8-6-16(7-9-19)25(31)28-14-17-4-2-3-5-22(17)26/h2-11,13,15,27H,12,14H2,1H3,(H,28,31)(H,29,30). The second-order valence-electron chi connectivity index (χ2n) is 7.30. The Balaban J connectivity index is 1.35. The molecular weight excluding hydrogens is 409 g/mol. The van der Waals surface area contributed by atoms with Crippen molar-refractivity contribution in [3.05, 3.63) is 95.4 Å². The molecule has 0 aliphatic rings. The number of carbonyl (C=O) groups is 2. The van der Waals surface area contributed by atoms with Gasteiger partial charge in [-0.3, -0.25) is 9.59 Å². The van der Waals surface area contributed by atoms with E-state index in [0.29, 0.717) is 16.8 Å². The highest BCUT2D eigenvalue weighted by molar-refractivity contribution is 5.97. The van der Waals surface area contributed by atoms with Gasteiger partial charge in [0.2, 0.25) is 5.91 Å². The molecule has 3 N–H and O–H groups in total. The molecule has 0 aliphatic heterocycles. The lowest BCUT2D eigenvalue weighted by Crippen LogP contribution is -2.23. The lowest BCUT2D eigenvalue weighted by atomic mass is 10.1. The molecule has 2 amide bonds. The summed E-state index contributed by atoms with van der Waals surface area (Å²) in [5, 5.41) is 6.46. The molecule has 7 heteroatoms. The number of benzene rings is 3. The molecule has 0 saturated carbocycles. The number of amides is 2. The number of H-pyrrole nitrogens is 1. The van der Waals surface area contributed by atoms with Gasteiger partial charge in [-0.1, -0.05) is 18.2 Å². The van der Waals surface area contributed by atoms with Gasteiger partial charge in [0.15, 0.2) is 0 Å². The van der Waals surface area contributed by atoms with Gasteiger partial charge in [0, 0.05) is 40.5 Å². The van der Waals surface area contributed by atoms with Crippen LogP contribution in [-0.4, -0.2) is 23.9 Å². The quantitative estimate of drug-likeness (QED) is 0.405. The van der Waals surface area contributed by atoms with Crippen LogP contribution in [0.25, 0.3) is 10.9 Å². The van der Waals surface area contributed by atoms with Gasteiger partial charge in [0.25, 0.3) is 5.91 Å². The summed E-state index contributed by atoms with van der Waals surface area (Å²) in [5.74, 6) is -0.133. The van der Waals surface area contributed by atoms with Crippen molar-refractivity contribution in [3.8, 4) is 5.75 Å². The first kappa shape index (κ1) is 21.1. The third kappa shape index (κ3) is 4.78. The van der Waals surface area contributed by atoms with Gasteiger partial charge in [-0.2, -0.15) is 0 Å². The fourth-order valence-corrected chi connectivity index (χ4v) is 3.43. The fourth-order valence-electron chi connectivity index (χ4n) is 3.43. The van der Waals surface area contributed by atoms with Gasteiger partial charge in [-0.25, -0.2) is 4.39 Å². The van der Waals surface area contributed by atoms with Crippen molar-refractivity contribution in [3.63, 3.8) is 0 Å². The van der Waals surface area contributed by atoms with Crippen LogP contribution >= 0.6 is 0 Å². The smallest absolute Gasteiger partial charge is 0.251 e. The van der Waals surface area contributed by atoms with Crippen LogP contribution < -0.4 is 15.4 Å². The van der Waals surface area contributed by atoms with E-state index in [2.05, 4.69) is 15.6 Å². The highest BCUT2D eigenvalue weighted by Gasteiger charge is 2.11. The van der Waals surface area contributed by atoms with Crippen molar-refractivity contribution in [1.29, 1.82) is 0 Å². The largest absolute Gasteiger partial charge is 0.497 e. The summed E-state index contributed by atoms with van der Waals surface area (Å²) in [6.07, 6.45) is 2.00. The van der Waals surface area contributed by atoms with E-state index < -0.39 is 0 Å². The number of hydrogen-bond acceptors (Lipinski definition) is 3. The monoisotopic (exact) mass is 431 g/mol. The molecule has 3 aromatic carbocycles. The van der Waals surface area contributed by atoms with Gasteiger partial charge in [-0.05, 0) is 54.1 Å². The number of methoxy groups -OCH3 is 1. The van der Waals surface area contributed by atoms with Crippen LogP contribution in [0.1, 0.15) is 21.5 Å². The normalized spacial score (nSPS) is 10.7. The van der Waals surface area contributed by atoms with E-state index in [1.807, 2.05) is 24.4 Å². The summed E-state index contributed by atoms with van der Waals surface area (Å²) >= 11 is 0. The van der Waals surface area contributed by atoms with Gasteiger partial charge in [0.05, 0.1) is 13.5 Å². The Morgan fingerprint density at radius 2 is 1.78 bits per heavy atom. The van der Waals surface area contributed by atoms with Crippen molar-refractivity contribution in [2.75, 3.05) is 12.4 Å². The fraction of sp³-hybridized carbons (Fsp3) is 0.120. The maximum Gasteiger partial charge on any atom is 0.251 e. The van der Waals surface area contributed by atoms with E-state index in [1.165, 1.54) is 6.07 Å². The number of aromatic nitrogens is 1. The Morgan fingerprint density at radius 3 is 2.53 bits per heavy atom. The number of carbonyl (C=O) groups excluding carboxylic acids is 2. The van der Waals surface area contributed by atoms with Crippen LogP contribution in [0, 0.1) is 5.82 Å². The number of ether oxygens (including phenoxy) is 1. The third-order valence-corrected chi connectivity index (χ3v) is 5.15. The summed E-state index contributed by atoms with van der Waals surface area (Å²) in [6.45, 7) is 0.0966. The highest BCUT2D eigenvalue weighted by Crippen LogP contribution is 2.24. The zero-order valence-corrected chi connectivity index (χ0v) is 17.4. The molecule has 0 spiro atoms. The second kappa shape index (κ2) is 9.34. The van der Waals surface area contributed by atoms with Crippen molar-refractivity contribution in [2.24, 2.45) is 0 Å². The summed E-state index contributed by atoms with van der Waals surface area (Å²) in [6, 6.07) is 18.5. The van der Waals surface area contributed by atoms with Gasteiger partial charge >= 0.3 is 0 Å². The number of nitrogens with one attached hydrogen (secondary N) is 3. The Morgan fingerprint density at radius 1 is 1.00 bits per heavy atom. The average molecular weight is 431 g/mol. The van der Waals surface area contributed by atoms with Crippen molar-refractivity contribution < 1.29 is 18.7 Å². The maximum atomic E-state index is 13.7. The molecule has 1 heterocycles. The number of aromatic amines is 1. The van der Waals surface area contributed by atoms with Crippen LogP contribution in [0.5, 0.6) is 5.75 Å². The SMILES string of the molecule is COc1ccc2[nH]cc(CC(=O)Nc3ccc(C(=O)NCc4ccccc4F)cc3)c2c1. The van der Waals surface area contributed by atoms with Crippen molar-refractivity contribution in [1.82, 2.24) is 10.3 Å². The number of anilines is 1. The average Bonchev–Trinajstić information content (AvgIpc) is 3.20. The molecule has 0 radical (unpaired) electrons. The number of rotatable bonds is 7. The first-order valence-electron chi connectivity index (χ1n) is 10.1. The molecular formula is C25H22FN3O3. The zero-order chi connectivity index (χ0) is 22.5. The molecule has 0 fully saturated rings. The van der Waals surface area contributed by atoms with E-state index in [9.17, 15) is 14.0 Å². The van der Waals surface area contributed by atoms with E-state index >= 15 is 0 Å². The minimum Gasteiger partial charge on any atom is -0.497 e. The lowest BCUT2D eigenvalue weighted by molar-refractivity contribution is -0.115. The number of halogens is 1. The first-order chi connectivity index (χ1) is 15.5. The lowest BCUT2D eigenvalue weighted by Gasteiger charge is -2.08. The summed E-state index contributed by atoms with van der Waals surface area (Å²) in [7, 11) is 1.60. The molecule has 6 nitrogen and oxygen atoms in total. The molecule has 0 bridgehead atoms. The van der Waals surface area contributed by atoms with E-state index in [4.69, 9.17) is 4.74 Å². The molecule has 0 aliphatic carbocycles. The van der Waals surface area contributed by atoms with Crippen LogP contribution in [0.4, 0.5) is 10.1 Å². The molecule has 0 saturated heterocycles. The van der Waals surface area contributed by atoms with Crippen molar-refractivity contribution in [2.45, 2.75) is 13.0 Å². The van der Waals surface area contributed by atoms with Gasteiger partial charge in [0.1, 0.15) is 11.6 Å². The molecule has 0 unspecified atom stereocenters. The Bertz CT molecular complexity index is 1270. The molecule has 4 aromatic rings. The first-order valence-corrected chi connectivity index (χ1v) is 10.1. The molecule has 4 rings (SSSR count). The molecule has 0 atom stereocenters. The van der Waals surface area contributed by atoms with Crippen molar-refractivity contribution >= 4 is 28.4 Å².